The first kappa shape index (κ1) is 16.2. The van der Waals surface area contributed by atoms with Gasteiger partial charge in [0.2, 0.25) is 0 Å². The molecule has 0 aliphatic rings. The lowest BCUT2D eigenvalue weighted by atomic mass is 10.1. The zero-order valence-corrected chi connectivity index (χ0v) is 13.5. The summed E-state index contributed by atoms with van der Waals surface area (Å²) in [6, 6.07) is 14.3. The van der Waals surface area contributed by atoms with Crippen molar-refractivity contribution in [1.82, 2.24) is 9.90 Å². The molecule has 2 aromatic carbocycles. The van der Waals surface area contributed by atoms with Gasteiger partial charge in [0.25, 0.3) is 0 Å². The number of aryl methyl sites for hydroxylation is 1. The van der Waals surface area contributed by atoms with Crippen LogP contribution in [0.4, 0.5) is 13.2 Å². The van der Waals surface area contributed by atoms with Crippen LogP contribution < -0.4 is 14.4 Å². The molecule has 2 aromatic heterocycles. The van der Waals surface area contributed by atoms with Crippen molar-refractivity contribution < 1.29 is 27.5 Å². The average molecular weight is 359 g/mol. The van der Waals surface area contributed by atoms with Crippen molar-refractivity contribution in [3.63, 3.8) is 0 Å². The van der Waals surface area contributed by atoms with Gasteiger partial charge in [-0.25, -0.2) is 0 Å². The van der Waals surface area contributed by atoms with Crippen LogP contribution in [0.15, 0.2) is 54.6 Å². The lowest BCUT2D eigenvalue weighted by Crippen LogP contribution is -2.26. The highest BCUT2D eigenvalue weighted by Crippen LogP contribution is 2.27. The van der Waals surface area contributed by atoms with E-state index in [1.54, 1.807) is 6.07 Å². The molecule has 132 valence electrons. The minimum absolute atomic E-state index is 0.183. The molecule has 0 fully saturated rings. The fourth-order valence-corrected chi connectivity index (χ4v) is 2.93. The Kier molecular flexibility index (Phi) is 3.50. The summed E-state index contributed by atoms with van der Waals surface area (Å²) in [5.74, 6) is -0.844. The number of ether oxygens (including phenoxy) is 1. The molecule has 0 radical (unpaired) electrons. The smallest absolute Gasteiger partial charge is 0.573 e. The zero-order valence-electron chi connectivity index (χ0n) is 13.5. The molecule has 0 saturated carbocycles. The second kappa shape index (κ2) is 5.62. The maximum Gasteiger partial charge on any atom is 0.573 e. The normalized spacial score (nSPS) is 12.0. The molecule has 8 heteroatoms. The van der Waals surface area contributed by atoms with Crippen LogP contribution >= 0.6 is 0 Å². The Hall–Kier alpha value is -3.29. The Labute approximate surface area is 145 Å². The second-order valence-corrected chi connectivity index (χ2v) is 5.79. The third kappa shape index (κ3) is 2.69. The van der Waals surface area contributed by atoms with Gasteiger partial charge in [-0.1, -0.05) is 28.8 Å². The van der Waals surface area contributed by atoms with Crippen molar-refractivity contribution in [1.29, 1.82) is 0 Å². The van der Waals surface area contributed by atoms with E-state index in [1.807, 2.05) is 31.2 Å². The fourth-order valence-electron chi connectivity index (χ4n) is 2.93. The Morgan fingerprint density at radius 3 is 2.58 bits per heavy atom. The van der Waals surface area contributed by atoms with Crippen molar-refractivity contribution in [3.05, 3.63) is 60.2 Å². The number of halogens is 3. The topological polar surface area (TPSA) is 54.2 Å². The number of nitrogens with zero attached hydrogens (tertiary/aromatic N) is 3. The minimum atomic E-state index is -4.81. The summed E-state index contributed by atoms with van der Waals surface area (Å²) in [5, 5.41) is 17.9. The molecule has 0 unspecified atom stereocenters. The minimum Gasteiger partial charge on any atom is -0.837 e. The molecule has 0 aliphatic carbocycles. The van der Waals surface area contributed by atoms with Crippen LogP contribution in [-0.4, -0.2) is 16.3 Å². The van der Waals surface area contributed by atoms with Gasteiger partial charge in [0.1, 0.15) is 16.8 Å². The second-order valence-electron chi connectivity index (χ2n) is 5.79. The van der Waals surface area contributed by atoms with E-state index >= 15 is 0 Å². The number of benzene rings is 2. The van der Waals surface area contributed by atoms with Gasteiger partial charge in [-0.05, 0) is 36.8 Å². The molecule has 2 heterocycles. The highest BCUT2D eigenvalue weighted by atomic mass is 19.4. The van der Waals surface area contributed by atoms with Gasteiger partial charge in [-0.2, -0.15) is 0 Å². The fraction of sp³-hybridized carbons (Fsp3) is 0.111. The first-order chi connectivity index (χ1) is 12.3. The molecular formula is C18H12F3N3O2. The summed E-state index contributed by atoms with van der Waals surface area (Å²) < 4.78 is 43.8. The van der Waals surface area contributed by atoms with E-state index in [9.17, 15) is 18.3 Å². The van der Waals surface area contributed by atoms with Crippen molar-refractivity contribution in [3.8, 4) is 17.3 Å². The van der Waals surface area contributed by atoms with Gasteiger partial charge >= 0.3 is 6.36 Å². The van der Waals surface area contributed by atoms with E-state index < -0.39 is 18.0 Å². The molecule has 5 nitrogen and oxygen atoms in total. The Morgan fingerprint density at radius 2 is 1.81 bits per heavy atom. The molecule has 0 atom stereocenters. The van der Waals surface area contributed by atoms with Crippen LogP contribution in [0.2, 0.25) is 0 Å². The van der Waals surface area contributed by atoms with E-state index in [0.29, 0.717) is 5.52 Å². The summed E-state index contributed by atoms with van der Waals surface area (Å²) in [5.41, 5.74) is 2.16. The van der Waals surface area contributed by atoms with Gasteiger partial charge in [0, 0.05) is 11.5 Å². The molecule has 0 amide bonds. The number of alkyl halides is 3. The number of hydrogen-bond acceptors (Lipinski definition) is 3. The average Bonchev–Trinajstić information content (AvgIpc) is 2.91. The Morgan fingerprint density at radius 1 is 1.04 bits per heavy atom. The standard InChI is InChI=1S/C18H12F3N3O2/c1-11-9-16-17(25)23(22-24(16)15-8-3-2-7-14(11)15)12-5-4-6-13(10-12)26-18(19,20)21/h2-10H,1H3. The highest BCUT2D eigenvalue weighted by molar-refractivity contribution is 5.81. The number of aromatic nitrogens is 3. The summed E-state index contributed by atoms with van der Waals surface area (Å²) in [6.45, 7) is 1.89. The van der Waals surface area contributed by atoms with Crippen molar-refractivity contribution in [2.75, 3.05) is 0 Å². The lowest BCUT2D eigenvalue weighted by molar-refractivity contribution is -0.556. The molecule has 0 spiro atoms. The zero-order chi connectivity index (χ0) is 18.5. The maximum atomic E-state index is 12.7. The highest BCUT2D eigenvalue weighted by Gasteiger charge is 2.31. The molecule has 0 N–H and O–H groups in total. The number of hydrogen-bond donors (Lipinski definition) is 0. The quantitative estimate of drug-likeness (QED) is 0.517. The third-order valence-electron chi connectivity index (χ3n) is 4.02. The van der Waals surface area contributed by atoms with E-state index in [2.05, 4.69) is 9.95 Å². The van der Waals surface area contributed by atoms with Crippen molar-refractivity contribution in [2.24, 2.45) is 0 Å². The number of pyridine rings is 1. The van der Waals surface area contributed by atoms with Crippen LogP contribution in [-0.2, 0) is 0 Å². The van der Waals surface area contributed by atoms with Crippen molar-refractivity contribution >= 4 is 16.4 Å². The first-order valence-electron chi connectivity index (χ1n) is 7.70. The summed E-state index contributed by atoms with van der Waals surface area (Å²) in [6.07, 6.45) is -4.81. The van der Waals surface area contributed by atoms with Gasteiger partial charge in [0.15, 0.2) is 16.7 Å². The molecule has 0 aliphatic heterocycles. The largest absolute Gasteiger partial charge is 0.837 e. The maximum absolute atomic E-state index is 12.7. The Bertz CT molecular complexity index is 1140. The van der Waals surface area contributed by atoms with Gasteiger partial charge in [-0.3, -0.25) is 0 Å². The molecule has 0 bridgehead atoms. The molecule has 4 aromatic rings. The lowest BCUT2D eigenvalue weighted by Gasteiger charge is -2.09. The number of para-hydroxylation sites is 1. The van der Waals surface area contributed by atoms with E-state index in [-0.39, 0.29) is 5.69 Å². The molecule has 26 heavy (non-hydrogen) atoms. The molecular weight excluding hydrogens is 347 g/mol. The van der Waals surface area contributed by atoms with Crippen LogP contribution in [0.1, 0.15) is 5.56 Å². The first-order valence-corrected chi connectivity index (χ1v) is 7.70. The molecule has 0 saturated heterocycles. The van der Waals surface area contributed by atoms with E-state index in [1.165, 1.54) is 16.6 Å². The van der Waals surface area contributed by atoms with E-state index in [4.69, 9.17) is 0 Å². The van der Waals surface area contributed by atoms with Gasteiger partial charge in [0.05, 0.1) is 0 Å². The third-order valence-corrected chi connectivity index (χ3v) is 4.02. The van der Waals surface area contributed by atoms with Gasteiger partial charge in [-0.15, -0.1) is 17.9 Å². The summed E-state index contributed by atoms with van der Waals surface area (Å²) in [7, 11) is 0. The van der Waals surface area contributed by atoms with Crippen molar-refractivity contribution in [2.45, 2.75) is 13.3 Å². The van der Waals surface area contributed by atoms with Crippen LogP contribution in [0.3, 0.4) is 0 Å². The van der Waals surface area contributed by atoms with Crippen LogP contribution in [0, 0.1) is 6.92 Å². The number of fused-ring (bicyclic) bond motifs is 3. The predicted molar refractivity (Wildman–Crippen MR) is 85.1 cm³/mol. The van der Waals surface area contributed by atoms with Crippen LogP contribution in [0.5, 0.6) is 11.6 Å². The summed E-state index contributed by atoms with van der Waals surface area (Å²) >= 11 is 0. The predicted octanol–water partition coefficient (Wildman–Crippen LogP) is 3.04. The summed E-state index contributed by atoms with van der Waals surface area (Å²) in [4.78, 5) is 0. The Balaban J connectivity index is 1.92. The monoisotopic (exact) mass is 359 g/mol. The molecule has 4 rings (SSSR count). The van der Waals surface area contributed by atoms with Gasteiger partial charge < -0.3 is 9.84 Å². The van der Waals surface area contributed by atoms with Crippen LogP contribution in [0.25, 0.3) is 22.1 Å². The van der Waals surface area contributed by atoms with E-state index in [0.717, 1.165) is 33.3 Å². The number of rotatable bonds is 2. The SMILES string of the molecule is Cc1cc2c([O-])n(-c3cccc(OC(F)(F)F)c3)n[n+]2c2ccccc12.